The first kappa shape index (κ1) is 10.3. The van der Waals surface area contributed by atoms with Crippen LogP contribution in [0.5, 0.6) is 0 Å². The molecule has 0 rings (SSSR count). The van der Waals surface area contributed by atoms with E-state index in [1.807, 2.05) is 0 Å². The molecule has 0 bridgehead atoms. The van der Waals surface area contributed by atoms with Crippen LogP contribution in [-0.2, 0) is 3.98 Å². The molecule has 34 valence electrons. The Morgan fingerprint density at radius 2 is 1.67 bits per heavy atom. The molecule has 0 spiro atoms. The van der Waals surface area contributed by atoms with E-state index in [2.05, 4.69) is 3.98 Å². The van der Waals surface area contributed by atoms with E-state index in [1.165, 1.54) is 0 Å². The predicted octanol–water partition coefficient (Wildman–Crippen LogP) is -3.09. The average molecular weight is 169 g/mol. The number of hydrogen-bond acceptors (Lipinski definition) is 4. The molecule has 0 saturated carbocycles. The van der Waals surface area contributed by atoms with Crippen molar-refractivity contribution in [1.29, 1.82) is 0 Å². The quantitative estimate of drug-likeness (QED) is 0.256. The van der Waals surface area contributed by atoms with Crippen LogP contribution in [0.4, 0.5) is 0 Å². The molecule has 0 aromatic carbocycles. The molecule has 0 aliphatic rings. The standard InChI is InChI=1S/BrHO4.Na.H/c2-1(3)5-4;;/h4H;;. The monoisotopic (exact) mass is 168 g/mol. The Hall–Kier alpha value is 1.32. The van der Waals surface area contributed by atoms with Crippen molar-refractivity contribution in [3.63, 3.8) is 0 Å². The van der Waals surface area contributed by atoms with Crippen molar-refractivity contribution in [3.05, 3.63) is 0 Å². The second kappa shape index (κ2) is 6.32. The summed E-state index contributed by atoms with van der Waals surface area (Å²) in [5, 5.41) is 7.06. The van der Waals surface area contributed by atoms with Crippen molar-refractivity contribution in [3.8, 4) is 0 Å². The van der Waals surface area contributed by atoms with Gasteiger partial charge in [0.25, 0.3) is 0 Å². The molecule has 6 heteroatoms. The SMILES string of the molecule is [NaH].[O-][Br+2]([O-])OO. The van der Waals surface area contributed by atoms with Gasteiger partial charge < -0.3 is 8.40 Å². The summed E-state index contributed by atoms with van der Waals surface area (Å²) < 4.78 is 20.7. The summed E-state index contributed by atoms with van der Waals surface area (Å²) in [5.74, 6) is 0. The van der Waals surface area contributed by atoms with Gasteiger partial charge >= 0.3 is 44.4 Å². The Labute approximate surface area is 61.8 Å². The van der Waals surface area contributed by atoms with Crippen LogP contribution in [0.1, 0.15) is 0 Å². The van der Waals surface area contributed by atoms with Gasteiger partial charge in [-0.2, -0.15) is 5.26 Å². The molecule has 0 radical (unpaired) electrons. The smallest absolute Gasteiger partial charge is 0.369 e. The minimum Gasteiger partial charge on any atom is -0.369 e. The van der Waals surface area contributed by atoms with Gasteiger partial charge in [0.1, 0.15) is 0 Å². The summed E-state index contributed by atoms with van der Waals surface area (Å²) >= 11 is -3.34. The Morgan fingerprint density at radius 3 is 1.67 bits per heavy atom. The summed E-state index contributed by atoms with van der Waals surface area (Å²) in [5.41, 5.74) is 0. The first-order chi connectivity index (χ1) is 2.27. The van der Waals surface area contributed by atoms with E-state index < -0.39 is 14.8 Å². The van der Waals surface area contributed by atoms with Crippen LogP contribution in [0.3, 0.4) is 0 Å². The van der Waals surface area contributed by atoms with Crippen LogP contribution < -0.4 is 8.40 Å². The van der Waals surface area contributed by atoms with Gasteiger partial charge in [-0.05, 0) is 0 Å². The van der Waals surface area contributed by atoms with Gasteiger partial charge in [-0.1, -0.05) is 0 Å². The van der Waals surface area contributed by atoms with Crippen LogP contribution in [0.2, 0.25) is 0 Å². The van der Waals surface area contributed by atoms with Gasteiger partial charge in [0.05, 0.1) is 0 Å². The molecule has 4 nitrogen and oxygen atoms in total. The Balaban J connectivity index is 0. The van der Waals surface area contributed by atoms with Crippen molar-refractivity contribution in [2.24, 2.45) is 0 Å². The van der Waals surface area contributed by atoms with Gasteiger partial charge in [0, 0.05) is 0 Å². The molecule has 0 atom stereocenters. The molecule has 0 amide bonds. The Morgan fingerprint density at radius 1 is 1.50 bits per heavy atom. The fourth-order valence-electron chi connectivity index (χ4n) is 0. The van der Waals surface area contributed by atoms with Crippen molar-refractivity contribution in [2.45, 2.75) is 0 Å². The molecule has 0 unspecified atom stereocenters. The van der Waals surface area contributed by atoms with Crippen molar-refractivity contribution >= 4 is 29.6 Å². The summed E-state index contributed by atoms with van der Waals surface area (Å²) in [6.07, 6.45) is 0. The van der Waals surface area contributed by atoms with E-state index in [1.54, 1.807) is 0 Å². The van der Waals surface area contributed by atoms with E-state index in [4.69, 9.17) is 13.7 Å². The van der Waals surface area contributed by atoms with Gasteiger partial charge in [0.15, 0.2) is 3.98 Å². The first-order valence-corrected chi connectivity index (χ1v) is 2.59. The van der Waals surface area contributed by atoms with Crippen molar-refractivity contribution in [2.75, 3.05) is 0 Å². The van der Waals surface area contributed by atoms with Crippen LogP contribution >= 0.6 is 0 Å². The minimum absolute atomic E-state index is 0. The van der Waals surface area contributed by atoms with Crippen molar-refractivity contribution < 1.29 is 32.4 Å². The molecule has 1 N–H and O–H groups in total. The molecule has 0 aromatic heterocycles. The largest absolute Gasteiger partial charge is 0.482 e. The molecule has 6 heavy (non-hydrogen) atoms. The number of rotatable bonds is 1. The summed E-state index contributed by atoms with van der Waals surface area (Å²) in [4.78, 5) is 0. The number of hydrogen-bond donors (Lipinski definition) is 1. The maximum Gasteiger partial charge on any atom is 0.482 e. The van der Waals surface area contributed by atoms with E-state index in [-0.39, 0.29) is 29.6 Å². The van der Waals surface area contributed by atoms with E-state index in [9.17, 15) is 0 Å². The maximum atomic E-state index is 8.97. The third-order valence-corrected chi connectivity index (χ3v) is 0.293. The van der Waals surface area contributed by atoms with Gasteiger partial charge in [0.2, 0.25) is 0 Å². The van der Waals surface area contributed by atoms with Crippen LogP contribution in [0, 0.1) is 14.8 Å². The molecule has 0 saturated heterocycles. The molecule has 0 fully saturated rings. The zero-order valence-corrected chi connectivity index (χ0v) is 3.64. The first-order valence-electron chi connectivity index (χ1n) is 0.645. The van der Waals surface area contributed by atoms with Gasteiger partial charge in [-0.15, -0.1) is 0 Å². The molecule has 0 aliphatic carbocycles. The minimum atomic E-state index is -3.34. The predicted molar refractivity (Wildman–Crippen MR) is 10.9 cm³/mol. The van der Waals surface area contributed by atoms with E-state index in [0.29, 0.717) is 0 Å². The zero-order chi connectivity index (χ0) is 4.28. The van der Waals surface area contributed by atoms with Crippen LogP contribution in [0.15, 0.2) is 0 Å². The maximum absolute atomic E-state index is 8.97. The summed E-state index contributed by atoms with van der Waals surface area (Å²) in [6.45, 7) is 0. The molecule has 0 heterocycles. The average Bonchev–Trinajstić information content (AvgIpc) is 1.38. The topological polar surface area (TPSA) is 75.6 Å². The van der Waals surface area contributed by atoms with Gasteiger partial charge in [-0.25, -0.2) is 0 Å². The summed E-state index contributed by atoms with van der Waals surface area (Å²) in [6, 6.07) is 0. The Kier molecular flexibility index (Phi) is 10.9. The number of halogens is 1. The van der Waals surface area contributed by atoms with Crippen molar-refractivity contribution in [1.82, 2.24) is 0 Å². The molecule has 0 aromatic rings. The normalized spacial score (nSPS) is 8.00. The van der Waals surface area contributed by atoms with Crippen LogP contribution in [-0.4, -0.2) is 34.8 Å². The van der Waals surface area contributed by atoms with E-state index >= 15 is 0 Å². The molecule has 0 aliphatic heterocycles. The van der Waals surface area contributed by atoms with Crippen LogP contribution in [0.25, 0.3) is 0 Å². The fourth-order valence-corrected chi connectivity index (χ4v) is 0. The zero-order valence-electron chi connectivity index (χ0n) is 2.05. The van der Waals surface area contributed by atoms with Gasteiger partial charge in [-0.3, -0.25) is 0 Å². The third kappa shape index (κ3) is 9.01. The Bertz CT molecular complexity index is 21.5. The fraction of sp³-hybridized carbons (Fsp3) is 0. The second-order valence-corrected chi connectivity index (χ2v) is 1.34. The molecular weight excluding hydrogens is 167 g/mol. The summed E-state index contributed by atoms with van der Waals surface area (Å²) in [7, 11) is 0. The third-order valence-electron chi connectivity index (χ3n) is 0.0563. The second-order valence-electron chi connectivity index (χ2n) is 0.258. The van der Waals surface area contributed by atoms with E-state index in [0.717, 1.165) is 0 Å². The molecular formula is H2BrNaO4.